The van der Waals surface area contributed by atoms with Crippen molar-refractivity contribution >= 4 is 30.0 Å². The number of ketones is 1. The van der Waals surface area contributed by atoms with Gasteiger partial charge < -0.3 is 4.74 Å². The van der Waals surface area contributed by atoms with Gasteiger partial charge in [0.25, 0.3) is 0 Å². The van der Waals surface area contributed by atoms with Crippen molar-refractivity contribution in [2.45, 2.75) is 23.8 Å². The van der Waals surface area contributed by atoms with Crippen LogP contribution in [-0.2, 0) is 4.79 Å². The number of Topliss-reactive ketones (excluding diaryl/α,β-unsaturated/α-hetero) is 1. The second kappa shape index (κ2) is 5.50. The number of ether oxygens (including phenoxy) is 1. The second-order valence-corrected chi connectivity index (χ2v) is 3.99. The Bertz CT molecular complexity index is 398. The summed E-state index contributed by atoms with van der Waals surface area (Å²) in [6.07, 6.45) is 0. The molecule has 0 aliphatic heterocycles. The predicted molar refractivity (Wildman–Crippen MR) is 59.6 cm³/mol. The average molecular weight is 267 g/mol. The monoisotopic (exact) mass is 266 g/mol. The molecule has 0 amide bonds. The second-order valence-electron chi connectivity index (χ2n) is 3.07. The number of alkyl halides is 3. The van der Waals surface area contributed by atoms with Crippen LogP contribution >= 0.6 is 24.2 Å². The number of carbonyl (C=O) groups is 1. The largest absolute Gasteiger partial charge is 0.435 e. The Labute approximate surface area is 102 Å². The van der Waals surface area contributed by atoms with Gasteiger partial charge in [-0.3, -0.25) is 4.79 Å². The van der Waals surface area contributed by atoms with Crippen LogP contribution in [0.15, 0.2) is 23.1 Å². The zero-order valence-electron chi connectivity index (χ0n) is 8.28. The van der Waals surface area contributed by atoms with Crippen LogP contribution in [0.25, 0.3) is 0 Å². The first-order valence-electron chi connectivity index (χ1n) is 4.34. The lowest BCUT2D eigenvalue weighted by Gasteiger charge is -2.11. The molecule has 0 aliphatic rings. The molecule has 0 spiro atoms. The maximum absolute atomic E-state index is 12.0. The van der Waals surface area contributed by atoms with Gasteiger partial charge in [-0.15, -0.1) is 24.2 Å². The van der Waals surface area contributed by atoms with E-state index in [0.29, 0.717) is 10.5 Å². The van der Waals surface area contributed by atoms with Crippen LogP contribution in [0.1, 0.15) is 17.9 Å². The molecule has 0 saturated heterocycles. The molecule has 1 rings (SSSR count). The van der Waals surface area contributed by atoms with Gasteiger partial charge in [-0.25, -0.2) is 0 Å². The molecular formula is C10H9ClF2O2S. The third-order valence-electron chi connectivity index (χ3n) is 1.85. The van der Waals surface area contributed by atoms with E-state index >= 15 is 0 Å². The molecule has 1 aromatic rings. The molecule has 0 saturated carbocycles. The molecule has 2 nitrogen and oxygen atoms in total. The van der Waals surface area contributed by atoms with Crippen molar-refractivity contribution in [2.75, 3.05) is 0 Å². The Morgan fingerprint density at radius 3 is 2.62 bits per heavy atom. The molecule has 1 unspecified atom stereocenters. The number of hydrogen-bond donors (Lipinski definition) is 1. The van der Waals surface area contributed by atoms with E-state index in [0.717, 1.165) is 0 Å². The first-order chi connectivity index (χ1) is 7.41. The van der Waals surface area contributed by atoms with Crippen molar-refractivity contribution in [3.05, 3.63) is 23.8 Å². The van der Waals surface area contributed by atoms with Crippen molar-refractivity contribution in [2.24, 2.45) is 0 Å². The standard InChI is InChI=1S/C10H9ClF2O2S/c1-5(14)9(11)7-4-6(15-10(12)13)2-3-8(7)16/h2-4,9-10,16H,1H3. The summed E-state index contributed by atoms with van der Waals surface area (Å²) >= 11 is 9.90. The number of carbonyl (C=O) groups excluding carboxylic acids is 1. The highest BCUT2D eigenvalue weighted by molar-refractivity contribution is 7.80. The van der Waals surface area contributed by atoms with Gasteiger partial charge in [-0.1, -0.05) is 0 Å². The summed E-state index contributed by atoms with van der Waals surface area (Å²) in [6, 6.07) is 4.07. The summed E-state index contributed by atoms with van der Waals surface area (Å²) in [5.74, 6) is -0.333. The van der Waals surface area contributed by atoms with E-state index in [4.69, 9.17) is 11.6 Å². The lowest BCUT2D eigenvalue weighted by Crippen LogP contribution is -2.05. The lowest BCUT2D eigenvalue weighted by molar-refractivity contribution is -0.116. The molecule has 0 fully saturated rings. The number of thiol groups is 1. The highest BCUT2D eigenvalue weighted by Crippen LogP contribution is 2.31. The van der Waals surface area contributed by atoms with E-state index in [2.05, 4.69) is 17.4 Å². The molecule has 0 bridgehead atoms. The Hall–Kier alpha value is -0.810. The SMILES string of the molecule is CC(=O)C(Cl)c1cc(OC(F)F)ccc1S. The quantitative estimate of drug-likeness (QED) is 0.667. The van der Waals surface area contributed by atoms with Crippen molar-refractivity contribution in [3.63, 3.8) is 0 Å². The molecule has 1 aromatic carbocycles. The van der Waals surface area contributed by atoms with Gasteiger partial charge in [0.1, 0.15) is 11.1 Å². The van der Waals surface area contributed by atoms with Gasteiger partial charge in [-0.05, 0) is 30.7 Å². The van der Waals surface area contributed by atoms with Gasteiger partial charge in [0.05, 0.1) is 0 Å². The third kappa shape index (κ3) is 3.35. The number of benzene rings is 1. The van der Waals surface area contributed by atoms with E-state index in [1.807, 2.05) is 0 Å². The maximum atomic E-state index is 12.0. The summed E-state index contributed by atoms with van der Waals surface area (Å²) in [6.45, 7) is -1.60. The average Bonchev–Trinajstić information content (AvgIpc) is 2.19. The number of rotatable bonds is 4. The fourth-order valence-electron chi connectivity index (χ4n) is 1.13. The lowest BCUT2D eigenvalue weighted by atomic mass is 10.1. The van der Waals surface area contributed by atoms with Crippen LogP contribution in [-0.4, -0.2) is 12.4 Å². The van der Waals surface area contributed by atoms with Crippen LogP contribution in [0.3, 0.4) is 0 Å². The summed E-state index contributed by atoms with van der Waals surface area (Å²) < 4.78 is 28.1. The van der Waals surface area contributed by atoms with E-state index in [1.54, 1.807) is 0 Å². The van der Waals surface area contributed by atoms with Gasteiger partial charge in [-0.2, -0.15) is 8.78 Å². The maximum Gasteiger partial charge on any atom is 0.387 e. The summed E-state index contributed by atoms with van der Waals surface area (Å²) in [4.78, 5) is 11.5. The highest BCUT2D eigenvalue weighted by Gasteiger charge is 2.17. The minimum atomic E-state index is -2.91. The summed E-state index contributed by atoms with van der Waals surface area (Å²) in [5.41, 5.74) is 0.357. The van der Waals surface area contributed by atoms with Crippen LogP contribution < -0.4 is 4.74 Å². The molecule has 0 aliphatic carbocycles. The fraction of sp³-hybridized carbons (Fsp3) is 0.300. The van der Waals surface area contributed by atoms with E-state index in [1.165, 1.54) is 25.1 Å². The van der Waals surface area contributed by atoms with Crippen molar-refractivity contribution in [3.8, 4) is 5.75 Å². The van der Waals surface area contributed by atoms with Gasteiger partial charge in [0.15, 0.2) is 5.78 Å². The van der Waals surface area contributed by atoms with Crippen LogP contribution in [0, 0.1) is 0 Å². The topological polar surface area (TPSA) is 26.3 Å². The molecule has 0 aromatic heterocycles. The van der Waals surface area contributed by atoms with Crippen molar-refractivity contribution in [1.82, 2.24) is 0 Å². The predicted octanol–water partition coefficient (Wildman–Crippen LogP) is 3.45. The van der Waals surface area contributed by atoms with Gasteiger partial charge in [0, 0.05) is 4.90 Å². The summed E-state index contributed by atoms with van der Waals surface area (Å²) in [7, 11) is 0. The third-order valence-corrected chi connectivity index (χ3v) is 2.80. The first-order valence-corrected chi connectivity index (χ1v) is 5.22. The summed E-state index contributed by atoms with van der Waals surface area (Å²) in [5, 5.41) is -0.909. The molecular weight excluding hydrogens is 258 g/mol. The Kier molecular flexibility index (Phi) is 4.56. The fourth-order valence-corrected chi connectivity index (χ4v) is 1.66. The van der Waals surface area contributed by atoms with E-state index < -0.39 is 12.0 Å². The molecule has 16 heavy (non-hydrogen) atoms. The molecule has 1 atom stereocenters. The van der Waals surface area contributed by atoms with Crippen LogP contribution in [0.4, 0.5) is 8.78 Å². The zero-order valence-corrected chi connectivity index (χ0v) is 9.93. The van der Waals surface area contributed by atoms with E-state index in [-0.39, 0.29) is 11.5 Å². The first kappa shape index (κ1) is 13.3. The number of hydrogen-bond acceptors (Lipinski definition) is 3. The molecule has 0 heterocycles. The Balaban J connectivity index is 3.03. The Morgan fingerprint density at radius 2 is 2.12 bits per heavy atom. The molecule has 0 radical (unpaired) electrons. The molecule has 88 valence electrons. The van der Waals surface area contributed by atoms with Crippen molar-refractivity contribution < 1.29 is 18.3 Å². The minimum Gasteiger partial charge on any atom is -0.435 e. The highest BCUT2D eigenvalue weighted by atomic mass is 35.5. The molecule has 6 heteroatoms. The van der Waals surface area contributed by atoms with E-state index in [9.17, 15) is 13.6 Å². The normalized spacial score (nSPS) is 12.6. The number of halogens is 3. The Morgan fingerprint density at radius 1 is 1.50 bits per heavy atom. The van der Waals surface area contributed by atoms with Crippen LogP contribution in [0.2, 0.25) is 0 Å². The van der Waals surface area contributed by atoms with Crippen molar-refractivity contribution in [1.29, 1.82) is 0 Å². The zero-order chi connectivity index (χ0) is 12.3. The van der Waals surface area contributed by atoms with Crippen LogP contribution in [0.5, 0.6) is 5.75 Å². The smallest absolute Gasteiger partial charge is 0.387 e. The van der Waals surface area contributed by atoms with Gasteiger partial charge >= 0.3 is 6.61 Å². The van der Waals surface area contributed by atoms with Gasteiger partial charge in [0.2, 0.25) is 0 Å². The molecule has 0 N–H and O–H groups in total. The minimum absolute atomic E-state index is 0.0466.